The summed E-state index contributed by atoms with van der Waals surface area (Å²) in [5.74, 6) is 0.700. The summed E-state index contributed by atoms with van der Waals surface area (Å²) in [6, 6.07) is 28.4. The average molecular weight is 482 g/mol. The van der Waals surface area contributed by atoms with Gasteiger partial charge in [-0.15, -0.1) is 0 Å². The summed E-state index contributed by atoms with van der Waals surface area (Å²) >= 11 is 6.86. The van der Waals surface area contributed by atoms with Gasteiger partial charge in [-0.05, 0) is 65.6 Å². The molecule has 0 N–H and O–H groups in total. The lowest BCUT2D eigenvalue weighted by atomic mass is 10.1. The lowest BCUT2D eigenvalue weighted by Crippen LogP contribution is -2.28. The fourth-order valence-electron chi connectivity index (χ4n) is 4.12. The molecule has 1 saturated heterocycles. The van der Waals surface area contributed by atoms with Crippen LogP contribution in [-0.2, 0) is 11.4 Å². The van der Waals surface area contributed by atoms with E-state index in [1.165, 1.54) is 22.5 Å². The van der Waals surface area contributed by atoms with Crippen LogP contribution in [0.15, 0.2) is 89.8 Å². The summed E-state index contributed by atoms with van der Waals surface area (Å²) in [7, 11) is 0. The van der Waals surface area contributed by atoms with E-state index in [-0.39, 0.29) is 5.91 Å². The molecule has 0 aromatic heterocycles. The van der Waals surface area contributed by atoms with E-state index in [2.05, 4.69) is 36.4 Å². The molecule has 3 nitrogen and oxygen atoms in total. The van der Waals surface area contributed by atoms with Crippen molar-refractivity contribution in [3.05, 3.63) is 112 Å². The number of amides is 1. The van der Waals surface area contributed by atoms with E-state index in [1.807, 2.05) is 68.5 Å². The molecule has 5 heteroatoms. The van der Waals surface area contributed by atoms with Gasteiger partial charge in [0.25, 0.3) is 5.91 Å². The molecule has 34 heavy (non-hydrogen) atoms. The maximum Gasteiger partial charge on any atom is 0.270 e. The molecule has 4 aromatic rings. The minimum absolute atomic E-state index is 0.0850. The van der Waals surface area contributed by atoms with E-state index >= 15 is 0 Å². The Balaban J connectivity index is 1.30. The lowest BCUT2D eigenvalue weighted by Gasteiger charge is -2.17. The summed E-state index contributed by atoms with van der Waals surface area (Å²) in [5, 5.41) is 2.41. The molecular formula is C29H23NO2S2. The average Bonchev–Trinajstić information content (AvgIpc) is 3.11. The molecule has 1 aliphatic heterocycles. The molecule has 0 bridgehead atoms. The Hall–Kier alpha value is -3.41. The minimum Gasteiger partial charge on any atom is -0.489 e. The Labute approximate surface area is 209 Å². The molecule has 168 valence electrons. The zero-order valence-electron chi connectivity index (χ0n) is 18.9. The third-order valence-corrected chi connectivity index (χ3v) is 7.14. The zero-order valence-corrected chi connectivity index (χ0v) is 20.6. The number of anilines is 1. The van der Waals surface area contributed by atoms with Gasteiger partial charge in [0.05, 0.1) is 10.6 Å². The molecule has 0 spiro atoms. The van der Waals surface area contributed by atoms with Gasteiger partial charge < -0.3 is 4.74 Å². The predicted molar refractivity (Wildman–Crippen MR) is 146 cm³/mol. The number of hydrogen-bond acceptors (Lipinski definition) is 4. The molecule has 1 amide bonds. The van der Waals surface area contributed by atoms with Gasteiger partial charge in [-0.3, -0.25) is 9.69 Å². The Kier molecular flexibility index (Phi) is 6.22. The maximum atomic E-state index is 13.1. The van der Waals surface area contributed by atoms with Gasteiger partial charge in [0.1, 0.15) is 12.4 Å². The van der Waals surface area contributed by atoms with Crippen molar-refractivity contribution in [2.45, 2.75) is 20.5 Å². The quantitative estimate of drug-likeness (QED) is 0.219. The topological polar surface area (TPSA) is 29.5 Å². The first-order valence-corrected chi connectivity index (χ1v) is 12.3. The van der Waals surface area contributed by atoms with Gasteiger partial charge in [-0.25, -0.2) is 0 Å². The van der Waals surface area contributed by atoms with Crippen molar-refractivity contribution < 1.29 is 9.53 Å². The van der Waals surface area contributed by atoms with E-state index in [0.717, 1.165) is 33.7 Å². The van der Waals surface area contributed by atoms with Gasteiger partial charge in [0.2, 0.25) is 0 Å². The van der Waals surface area contributed by atoms with Crippen molar-refractivity contribution in [3.8, 4) is 5.75 Å². The highest BCUT2D eigenvalue weighted by atomic mass is 32.2. The van der Waals surface area contributed by atoms with Crippen LogP contribution in [0.3, 0.4) is 0 Å². The van der Waals surface area contributed by atoms with E-state index in [0.29, 0.717) is 15.8 Å². The molecule has 4 aromatic carbocycles. The van der Waals surface area contributed by atoms with Crippen LogP contribution >= 0.6 is 24.0 Å². The van der Waals surface area contributed by atoms with Gasteiger partial charge in [-0.2, -0.15) is 0 Å². The smallest absolute Gasteiger partial charge is 0.270 e. The van der Waals surface area contributed by atoms with Crippen molar-refractivity contribution in [1.82, 2.24) is 0 Å². The van der Waals surface area contributed by atoms with Crippen molar-refractivity contribution in [2.75, 3.05) is 4.90 Å². The number of fused-ring (bicyclic) bond motifs is 1. The van der Waals surface area contributed by atoms with Crippen LogP contribution in [0.5, 0.6) is 5.75 Å². The number of thiocarbonyl (C=S) groups is 1. The van der Waals surface area contributed by atoms with Crippen LogP contribution in [0.2, 0.25) is 0 Å². The molecule has 0 aliphatic carbocycles. The summed E-state index contributed by atoms with van der Waals surface area (Å²) in [6.07, 6.45) is 1.89. The number of hydrogen-bond donors (Lipinski definition) is 0. The molecule has 1 fully saturated rings. The molecule has 0 atom stereocenters. The Morgan fingerprint density at radius 3 is 2.50 bits per heavy atom. The fourth-order valence-corrected chi connectivity index (χ4v) is 5.41. The molecule has 1 aliphatic rings. The minimum atomic E-state index is -0.0850. The second-order valence-corrected chi connectivity index (χ2v) is 9.98. The predicted octanol–water partition coefficient (Wildman–Crippen LogP) is 7.44. The van der Waals surface area contributed by atoms with E-state index in [1.54, 1.807) is 4.90 Å². The van der Waals surface area contributed by atoms with Crippen LogP contribution < -0.4 is 9.64 Å². The van der Waals surface area contributed by atoms with Crippen molar-refractivity contribution in [1.29, 1.82) is 0 Å². The number of carbonyl (C=O) groups excluding carboxylic acids is 1. The number of carbonyl (C=O) groups is 1. The summed E-state index contributed by atoms with van der Waals surface area (Å²) in [5.41, 5.74) is 5.11. The monoisotopic (exact) mass is 481 g/mol. The lowest BCUT2D eigenvalue weighted by molar-refractivity contribution is -0.113. The van der Waals surface area contributed by atoms with E-state index in [4.69, 9.17) is 17.0 Å². The third-order valence-electron chi connectivity index (χ3n) is 5.84. The van der Waals surface area contributed by atoms with Crippen LogP contribution in [-0.4, -0.2) is 10.2 Å². The fraction of sp³-hybridized carbons (Fsp3) is 0.103. The first kappa shape index (κ1) is 22.4. The highest BCUT2D eigenvalue weighted by Gasteiger charge is 2.34. The molecular weight excluding hydrogens is 458 g/mol. The number of rotatable bonds is 5. The van der Waals surface area contributed by atoms with Crippen molar-refractivity contribution in [2.24, 2.45) is 0 Å². The van der Waals surface area contributed by atoms with Crippen LogP contribution in [0, 0.1) is 13.8 Å². The number of benzene rings is 4. The second-order valence-electron chi connectivity index (χ2n) is 8.30. The number of aryl methyl sites for hydroxylation is 2. The molecule has 0 unspecified atom stereocenters. The zero-order chi connectivity index (χ0) is 23.7. The largest absolute Gasteiger partial charge is 0.489 e. The third kappa shape index (κ3) is 4.49. The first-order chi connectivity index (χ1) is 16.5. The maximum absolute atomic E-state index is 13.1. The normalized spacial score (nSPS) is 14.9. The first-order valence-electron chi connectivity index (χ1n) is 11.0. The standard InChI is InChI=1S/C29H23NO2S2/c1-19-10-15-26(20(2)16-19)30-28(31)27(34-29(30)33)17-21-11-13-24(14-12-21)32-18-23-8-5-7-22-6-3-4-9-25(22)23/h3-17H,18H2,1-2H3/b27-17+. The number of ether oxygens (including phenoxy) is 1. The summed E-state index contributed by atoms with van der Waals surface area (Å²) in [4.78, 5) is 15.4. The molecule has 0 saturated carbocycles. The molecule has 0 radical (unpaired) electrons. The molecule has 5 rings (SSSR count). The van der Waals surface area contributed by atoms with Crippen LogP contribution in [0.4, 0.5) is 5.69 Å². The Bertz CT molecular complexity index is 1440. The van der Waals surface area contributed by atoms with Gasteiger partial charge >= 0.3 is 0 Å². The Morgan fingerprint density at radius 2 is 1.71 bits per heavy atom. The van der Waals surface area contributed by atoms with Crippen LogP contribution in [0.25, 0.3) is 16.8 Å². The molecule has 1 heterocycles. The highest BCUT2D eigenvalue weighted by molar-refractivity contribution is 8.27. The SMILES string of the molecule is Cc1ccc(N2C(=O)/C(=C\c3ccc(OCc4cccc5ccccc45)cc3)SC2=S)c(C)c1. The Morgan fingerprint density at radius 1 is 0.941 bits per heavy atom. The van der Waals surface area contributed by atoms with Crippen molar-refractivity contribution in [3.63, 3.8) is 0 Å². The van der Waals surface area contributed by atoms with Crippen LogP contribution in [0.1, 0.15) is 22.3 Å². The summed E-state index contributed by atoms with van der Waals surface area (Å²) in [6.45, 7) is 4.53. The van der Waals surface area contributed by atoms with E-state index in [9.17, 15) is 4.79 Å². The second kappa shape index (κ2) is 9.45. The van der Waals surface area contributed by atoms with Crippen molar-refractivity contribution >= 4 is 56.7 Å². The van der Waals surface area contributed by atoms with Gasteiger partial charge in [0, 0.05) is 0 Å². The number of nitrogens with zero attached hydrogens (tertiary/aromatic N) is 1. The van der Waals surface area contributed by atoms with E-state index < -0.39 is 0 Å². The summed E-state index contributed by atoms with van der Waals surface area (Å²) < 4.78 is 6.59. The highest BCUT2D eigenvalue weighted by Crippen LogP contribution is 2.37. The number of thioether (sulfide) groups is 1. The van der Waals surface area contributed by atoms with Gasteiger partial charge in [0.15, 0.2) is 4.32 Å². The van der Waals surface area contributed by atoms with Gasteiger partial charge in [-0.1, -0.05) is 96.3 Å².